The van der Waals surface area contributed by atoms with Gasteiger partial charge in [0.25, 0.3) is 0 Å². The Morgan fingerprint density at radius 2 is 2.21 bits per heavy atom. The lowest BCUT2D eigenvalue weighted by Gasteiger charge is -2.39. The fourth-order valence-corrected chi connectivity index (χ4v) is 3.13. The van der Waals surface area contributed by atoms with Gasteiger partial charge >= 0.3 is 0 Å². The molecule has 1 aromatic heterocycles. The molecule has 2 rings (SSSR count). The van der Waals surface area contributed by atoms with Crippen molar-refractivity contribution in [3.8, 4) is 0 Å². The Morgan fingerprint density at radius 3 is 2.79 bits per heavy atom. The van der Waals surface area contributed by atoms with Crippen molar-refractivity contribution >= 4 is 11.6 Å². The molecule has 1 saturated heterocycles. The molecule has 19 heavy (non-hydrogen) atoms. The van der Waals surface area contributed by atoms with E-state index in [0.717, 1.165) is 30.5 Å². The van der Waals surface area contributed by atoms with E-state index < -0.39 is 0 Å². The Morgan fingerprint density at radius 1 is 1.47 bits per heavy atom. The average molecular weight is 285 g/mol. The van der Waals surface area contributed by atoms with Crippen LogP contribution in [0.4, 0.5) is 0 Å². The zero-order valence-electron chi connectivity index (χ0n) is 12.4. The summed E-state index contributed by atoms with van der Waals surface area (Å²) >= 11 is 6.35. The molecule has 2 unspecified atom stereocenters. The summed E-state index contributed by atoms with van der Waals surface area (Å²) in [5.74, 6) is 0. The molecule has 108 valence electrons. The highest BCUT2D eigenvalue weighted by molar-refractivity contribution is 6.30. The fraction of sp³-hybridized carbons (Fsp3) is 0.786. The minimum Gasteiger partial charge on any atom is -0.311 e. The van der Waals surface area contributed by atoms with Gasteiger partial charge in [0.1, 0.15) is 5.15 Å². The molecule has 0 spiro atoms. The minimum absolute atomic E-state index is 0.545. The number of halogens is 1. The van der Waals surface area contributed by atoms with E-state index in [-0.39, 0.29) is 0 Å². The molecule has 2 atom stereocenters. The summed E-state index contributed by atoms with van der Waals surface area (Å²) in [5.41, 5.74) is 2.23. The van der Waals surface area contributed by atoms with Crippen LogP contribution in [-0.2, 0) is 13.6 Å². The van der Waals surface area contributed by atoms with Crippen molar-refractivity contribution in [2.45, 2.75) is 52.2 Å². The number of hydrogen-bond acceptors (Lipinski definition) is 3. The topological polar surface area (TPSA) is 33.1 Å². The molecule has 0 aromatic carbocycles. The predicted molar refractivity (Wildman–Crippen MR) is 79.5 cm³/mol. The standard InChI is InChI=1S/C14H25ClN4/c1-5-6-12-7-16-10(2)8-19(12)9-13-11(3)17-18(4)14(13)15/h10,12,16H,5-9H2,1-4H3. The fourth-order valence-electron chi connectivity index (χ4n) is 2.90. The van der Waals surface area contributed by atoms with Gasteiger partial charge < -0.3 is 5.32 Å². The first-order valence-electron chi connectivity index (χ1n) is 7.18. The van der Waals surface area contributed by atoms with Gasteiger partial charge in [0.05, 0.1) is 5.69 Å². The molecule has 0 aliphatic carbocycles. The van der Waals surface area contributed by atoms with Crippen molar-refractivity contribution < 1.29 is 0 Å². The highest BCUT2D eigenvalue weighted by Crippen LogP contribution is 2.23. The average Bonchev–Trinajstić information content (AvgIpc) is 2.59. The molecule has 1 aliphatic heterocycles. The van der Waals surface area contributed by atoms with Gasteiger partial charge in [0, 0.05) is 44.3 Å². The van der Waals surface area contributed by atoms with Crippen molar-refractivity contribution in [2.24, 2.45) is 7.05 Å². The lowest BCUT2D eigenvalue weighted by Crippen LogP contribution is -2.54. The van der Waals surface area contributed by atoms with Gasteiger partial charge in [0.15, 0.2) is 0 Å². The smallest absolute Gasteiger partial charge is 0.131 e. The molecule has 0 saturated carbocycles. The van der Waals surface area contributed by atoms with Gasteiger partial charge in [-0.15, -0.1) is 0 Å². The van der Waals surface area contributed by atoms with Gasteiger partial charge in [-0.2, -0.15) is 5.10 Å². The SMILES string of the molecule is CCCC1CNC(C)CN1Cc1c(C)nn(C)c1Cl. The highest BCUT2D eigenvalue weighted by atomic mass is 35.5. The van der Waals surface area contributed by atoms with Crippen LogP contribution in [0.15, 0.2) is 0 Å². The van der Waals surface area contributed by atoms with Crippen molar-refractivity contribution in [2.75, 3.05) is 13.1 Å². The van der Waals surface area contributed by atoms with Crippen LogP contribution < -0.4 is 5.32 Å². The number of nitrogens with one attached hydrogen (secondary N) is 1. The second-order valence-electron chi connectivity index (χ2n) is 5.66. The molecule has 0 amide bonds. The summed E-state index contributed by atoms with van der Waals surface area (Å²) in [6.07, 6.45) is 2.45. The van der Waals surface area contributed by atoms with Gasteiger partial charge in [-0.3, -0.25) is 9.58 Å². The monoisotopic (exact) mass is 284 g/mol. The maximum Gasteiger partial charge on any atom is 0.131 e. The van der Waals surface area contributed by atoms with E-state index in [1.807, 2.05) is 14.0 Å². The molecule has 1 aromatic rings. The first-order valence-corrected chi connectivity index (χ1v) is 7.56. The van der Waals surface area contributed by atoms with Crippen LogP contribution in [0.3, 0.4) is 0 Å². The summed E-state index contributed by atoms with van der Waals surface area (Å²) in [7, 11) is 1.91. The van der Waals surface area contributed by atoms with Crippen LogP contribution in [0, 0.1) is 6.92 Å². The summed E-state index contributed by atoms with van der Waals surface area (Å²) in [4.78, 5) is 2.56. The number of aryl methyl sites for hydroxylation is 2. The van der Waals surface area contributed by atoms with E-state index in [2.05, 4.69) is 29.2 Å². The van der Waals surface area contributed by atoms with Crippen molar-refractivity contribution in [3.63, 3.8) is 0 Å². The number of hydrogen-bond donors (Lipinski definition) is 1. The maximum atomic E-state index is 6.35. The van der Waals surface area contributed by atoms with Crippen LogP contribution in [-0.4, -0.2) is 39.9 Å². The van der Waals surface area contributed by atoms with E-state index >= 15 is 0 Å². The maximum absolute atomic E-state index is 6.35. The third-order valence-electron chi connectivity index (χ3n) is 3.98. The number of nitrogens with zero attached hydrogens (tertiary/aromatic N) is 3. The van der Waals surface area contributed by atoms with E-state index in [4.69, 9.17) is 11.6 Å². The first kappa shape index (κ1) is 14.8. The van der Waals surface area contributed by atoms with E-state index in [1.54, 1.807) is 4.68 Å². The lowest BCUT2D eigenvalue weighted by molar-refractivity contribution is 0.120. The van der Waals surface area contributed by atoms with Crippen LogP contribution in [0.1, 0.15) is 37.9 Å². The normalized spacial score (nSPS) is 24.9. The zero-order valence-corrected chi connectivity index (χ0v) is 13.2. The predicted octanol–water partition coefficient (Wildman–Crippen LogP) is 2.34. The lowest BCUT2D eigenvalue weighted by atomic mass is 10.0. The summed E-state index contributed by atoms with van der Waals surface area (Å²) in [6.45, 7) is 9.60. The minimum atomic E-state index is 0.545. The quantitative estimate of drug-likeness (QED) is 0.921. The zero-order chi connectivity index (χ0) is 14.0. The van der Waals surface area contributed by atoms with Crippen LogP contribution in [0.5, 0.6) is 0 Å². The van der Waals surface area contributed by atoms with Gasteiger partial charge in [0.2, 0.25) is 0 Å². The van der Waals surface area contributed by atoms with Crippen molar-refractivity contribution in [1.29, 1.82) is 0 Å². The first-order chi connectivity index (χ1) is 9.02. The molecule has 0 bridgehead atoms. The molecular weight excluding hydrogens is 260 g/mol. The van der Waals surface area contributed by atoms with Crippen molar-refractivity contribution in [3.05, 3.63) is 16.4 Å². The second kappa shape index (κ2) is 6.25. The summed E-state index contributed by atoms with van der Waals surface area (Å²) < 4.78 is 1.77. The third-order valence-corrected chi connectivity index (χ3v) is 4.45. The number of aromatic nitrogens is 2. The third kappa shape index (κ3) is 3.30. The molecular formula is C14H25ClN4. The Balaban J connectivity index is 2.13. The molecule has 0 radical (unpaired) electrons. The van der Waals surface area contributed by atoms with Gasteiger partial charge in [-0.25, -0.2) is 0 Å². The molecule has 1 N–H and O–H groups in total. The highest BCUT2D eigenvalue weighted by Gasteiger charge is 2.26. The van der Waals surface area contributed by atoms with Gasteiger partial charge in [-0.1, -0.05) is 24.9 Å². The number of piperazine rings is 1. The molecule has 1 fully saturated rings. The van der Waals surface area contributed by atoms with E-state index in [1.165, 1.54) is 18.4 Å². The molecule has 5 heteroatoms. The Bertz CT molecular complexity index is 429. The molecule has 4 nitrogen and oxygen atoms in total. The largest absolute Gasteiger partial charge is 0.311 e. The Hall–Kier alpha value is -0.580. The molecule has 1 aliphatic rings. The van der Waals surface area contributed by atoms with E-state index in [9.17, 15) is 0 Å². The summed E-state index contributed by atoms with van der Waals surface area (Å²) in [5, 5.41) is 8.76. The Kier molecular flexibility index (Phi) is 4.87. The Labute approximate surface area is 121 Å². The molecule has 2 heterocycles. The number of rotatable bonds is 4. The van der Waals surface area contributed by atoms with Crippen molar-refractivity contribution in [1.82, 2.24) is 20.0 Å². The van der Waals surface area contributed by atoms with Crippen LogP contribution in [0.2, 0.25) is 5.15 Å². The van der Waals surface area contributed by atoms with Gasteiger partial charge in [-0.05, 0) is 20.3 Å². The van der Waals surface area contributed by atoms with E-state index in [0.29, 0.717) is 12.1 Å². The second-order valence-corrected chi connectivity index (χ2v) is 6.02. The van der Waals surface area contributed by atoms with Crippen LogP contribution in [0.25, 0.3) is 0 Å². The van der Waals surface area contributed by atoms with Crippen LogP contribution >= 0.6 is 11.6 Å². The summed E-state index contributed by atoms with van der Waals surface area (Å²) in [6, 6.07) is 1.15.